The van der Waals surface area contributed by atoms with E-state index >= 15 is 0 Å². The second-order valence-electron chi connectivity index (χ2n) is 4.23. The summed E-state index contributed by atoms with van der Waals surface area (Å²) < 4.78 is 0. The van der Waals surface area contributed by atoms with E-state index in [1.54, 1.807) is 0 Å². The highest BCUT2D eigenvalue weighted by Crippen LogP contribution is 2.09. The minimum absolute atomic E-state index is 0.00185. The number of hydrogen-bond acceptors (Lipinski definition) is 2. The number of hydrogen-bond donors (Lipinski definition) is 2. The Bertz CT molecular complexity index is 434. The van der Waals surface area contributed by atoms with Crippen LogP contribution in [-0.2, 0) is 17.8 Å². The fourth-order valence-corrected chi connectivity index (χ4v) is 1.82. The van der Waals surface area contributed by atoms with Crippen LogP contribution in [0.25, 0.3) is 0 Å². The zero-order valence-corrected chi connectivity index (χ0v) is 10.8. The average molecular weight is 244 g/mol. The maximum Gasteiger partial charge on any atom is 0.224 e. The first-order valence-electron chi connectivity index (χ1n) is 6.20. The molecule has 0 aliphatic rings. The molecular weight excluding hydrogens is 224 g/mol. The molecule has 96 valence electrons. The molecule has 0 saturated heterocycles. The van der Waals surface area contributed by atoms with Gasteiger partial charge in [0.15, 0.2) is 0 Å². The maximum atomic E-state index is 11.9. The highest BCUT2D eigenvalue weighted by atomic mass is 16.1. The van der Waals surface area contributed by atoms with E-state index in [4.69, 9.17) is 12.2 Å². The van der Waals surface area contributed by atoms with Gasteiger partial charge in [0.25, 0.3) is 0 Å². The van der Waals surface area contributed by atoms with E-state index in [9.17, 15) is 4.79 Å². The minimum atomic E-state index is -0.00185. The fourth-order valence-electron chi connectivity index (χ4n) is 1.82. The number of terminal acetylenes is 1. The Balaban J connectivity index is 2.62. The van der Waals surface area contributed by atoms with Crippen LogP contribution in [0, 0.1) is 12.3 Å². The molecule has 1 unspecified atom stereocenters. The summed E-state index contributed by atoms with van der Waals surface area (Å²) in [6.45, 7) is 2.46. The molecule has 3 heteroatoms. The summed E-state index contributed by atoms with van der Waals surface area (Å²) in [7, 11) is 0. The number of rotatable bonds is 6. The van der Waals surface area contributed by atoms with Crippen molar-refractivity contribution in [3.8, 4) is 12.3 Å². The summed E-state index contributed by atoms with van der Waals surface area (Å²) >= 11 is 0. The summed E-state index contributed by atoms with van der Waals surface area (Å²) in [5.41, 5.74) is 7.63. The molecule has 1 rings (SSSR count). The quantitative estimate of drug-likeness (QED) is 0.747. The van der Waals surface area contributed by atoms with Crippen molar-refractivity contribution in [2.75, 3.05) is 0 Å². The van der Waals surface area contributed by atoms with Crippen molar-refractivity contribution in [2.45, 2.75) is 38.8 Å². The lowest BCUT2D eigenvalue weighted by atomic mass is 10.0. The molecule has 0 bridgehead atoms. The summed E-state index contributed by atoms with van der Waals surface area (Å²) in [6.07, 6.45) is 7.03. The molecule has 1 atom stereocenters. The van der Waals surface area contributed by atoms with Crippen molar-refractivity contribution in [1.82, 2.24) is 5.32 Å². The van der Waals surface area contributed by atoms with E-state index in [0.717, 1.165) is 17.5 Å². The summed E-state index contributed by atoms with van der Waals surface area (Å²) in [5.74, 6) is 2.57. The third kappa shape index (κ3) is 4.23. The molecule has 0 spiro atoms. The molecule has 3 N–H and O–H groups in total. The van der Waals surface area contributed by atoms with Gasteiger partial charge in [0.1, 0.15) is 0 Å². The molecule has 1 aromatic carbocycles. The first-order chi connectivity index (χ1) is 8.71. The lowest BCUT2D eigenvalue weighted by molar-refractivity contribution is -0.121. The zero-order valence-electron chi connectivity index (χ0n) is 10.8. The van der Waals surface area contributed by atoms with E-state index in [1.165, 1.54) is 0 Å². The SMILES string of the molecule is C#CCC(CC)NC(=O)Cc1ccccc1CN. The first-order valence-corrected chi connectivity index (χ1v) is 6.20. The van der Waals surface area contributed by atoms with E-state index in [1.807, 2.05) is 31.2 Å². The van der Waals surface area contributed by atoms with Gasteiger partial charge in [-0.1, -0.05) is 31.2 Å². The van der Waals surface area contributed by atoms with E-state index < -0.39 is 0 Å². The van der Waals surface area contributed by atoms with Crippen molar-refractivity contribution >= 4 is 5.91 Å². The number of benzene rings is 1. The normalized spacial score (nSPS) is 11.6. The van der Waals surface area contributed by atoms with Gasteiger partial charge in [-0.3, -0.25) is 4.79 Å². The number of nitrogens with one attached hydrogen (secondary N) is 1. The second-order valence-corrected chi connectivity index (χ2v) is 4.23. The number of carbonyl (C=O) groups excluding carboxylic acids is 1. The Labute approximate surface area is 109 Å². The predicted octanol–water partition coefficient (Wildman–Crippen LogP) is 1.61. The van der Waals surface area contributed by atoms with Gasteiger partial charge in [0.2, 0.25) is 5.91 Å². The van der Waals surface area contributed by atoms with Crippen LogP contribution >= 0.6 is 0 Å². The van der Waals surface area contributed by atoms with Gasteiger partial charge in [-0.25, -0.2) is 0 Å². The van der Waals surface area contributed by atoms with Gasteiger partial charge in [0.05, 0.1) is 6.42 Å². The van der Waals surface area contributed by atoms with Crippen LogP contribution in [0.1, 0.15) is 30.9 Å². The van der Waals surface area contributed by atoms with Crippen molar-refractivity contribution in [1.29, 1.82) is 0 Å². The van der Waals surface area contributed by atoms with Crippen LogP contribution in [0.3, 0.4) is 0 Å². The highest BCUT2D eigenvalue weighted by Gasteiger charge is 2.11. The lowest BCUT2D eigenvalue weighted by Gasteiger charge is -2.15. The second kappa shape index (κ2) is 7.52. The summed E-state index contributed by atoms with van der Waals surface area (Å²) in [4.78, 5) is 11.9. The summed E-state index contributed by atoms with van der Waals surface area (Å²) in [5, 5.41) is 2.95. The van der Waals surface area contributed by atoms with Gasteiger partial charge in [-0.2, -0.15) is 0 Å². The molecule has 3 nitrogen and oxygen atoms in total. The largest absolute Gasteiger partial charge is 0.352 e. The third-order valence-corrected chi connectivity index (χ3v) is 2.91. The summed E-state index contributed by atoms with van der Waals surface area (Å²) in [6, 6.07) is 7.79. The smallest absolute Gasteiger partial charge is 0.224 e. The van der Waals surface area contributed by atoms with Gasteiger partial charge in [-0.05, 0) is 17.5 Å². The number of nitrogens with two attached hydrogens (primary N) is 1. The molecule has 1 amide bonds. The molecule has 0 aromatic heterocycles. The molecule has 0 aliphatic heterocycles. The van der Waals surface area contributed by atoms with Crippen molar-refractivity contribution in [3.63, 3.8) is 0 Å². The van der Waals surface area contributed by atoms with E-state index in [-0.39, 0.29) is 11.9 Å². The molecular formula is C15H20N2O. The Morgan fingerprint density at radius 3 is 2.67 bits per heavy atom. The third-order valence-electron chi connectivity index (χ3n) is 2.91. The molecule has 0 radical (unpaired) electrons. The Kier molecular flexibility index (Phi) is 5.96. The van der Waals surface area contributed by atoms with E-state index in [2.05, 4.69) is 11.2 Å². The van der Waals surface area contributed by atoms with Crippen LogP contribution < -0.4 is 11.1 Å². The lowest BCUT2D eigenvalue weighted by Crippen LogP contribution is -2.35. The number of amides is 1. The van der Waals surface area contributed by atoms with Crippen molar-refractivity contribution in [3.05, 3.63) is 35.4 Å². The van der Waals surface area contributed by atoms with Crippen molar-refractivity contribution < 1.29 is 4.79 Å². The van der Waals surface area contributed by atoms with Crippen LogP contribution in [-0.4, -0.2) is 11.9 Å². The molecule has 0 aliphatic carbocycles. The highest BCUT2D eigenvalue weighted by molar-refractivity contribution is 5.79. The average Bonchev–Trinajstić information content (AvgIpc) is 2.38. The molecule has 0 fully saturated rings. The molecule has 0 heterocycles. The number of carbonyl (C=O) groups is 1. The van der Waals surface area contributed by atoms with E-state index in [0.29, 0.717) is 19.4 Å². The van der Waals surface area contributed by atoms with Gasteiger partial charge < -0.3 is 11.1 Å². The van der Waals surface area contributed by atoms with Gasteiger partial charge in [-0.15, -0.1) is 12.3 Å². The Morgan fingerprint density at radius 1 is 1.44 bits per heavy atom. The minimum Gasteiger partial charge on any atom is -0.352 e. The van der Waals surface area contributed by atoms with Crippen molar-refractivity contribution in [2.24, 2.45) is 5.73 Å². The first kappa shape index (κ1) is 14.3. The van der Waals surface area contributed by atoms with Gasteiger partial charge >= 0.3 is 0 Å². The maximum absolute atomic E-state index is 11.9. The van der Waals surface area contributed by atoms with Crippen LogP contribution in [0.4, 0.5) is 0 Å². The Morgan fingerprint density at radius 2 is 2.11 bits per heavy atom. The molecule has 18 heavy (non-hydrogen) atoms. The predicted molar refractivity (Wildman–Crippen MR) is 73.7 cm³/mol. The fraction of sp³-hybridized carbons (Fsp3) is 0.400. The Hall–Kier alpha value is -1.79. The zero-order chi connectivity index (χ0) is 13.4. The topological polar surface area (TPSA) is 55.1 Å². The van der Waals surface area contributed by atoms with Crippen LogP contribution in [0.5, 0.6) is 0 Å². The van der Waals surface area contributed by atoms with Crippen LogP contribution in [0.15, 0.2) is 24.3 Å². The molecule has 0 saturated carbocycles. The van der Waals surface area contributed by atoms with Gasteiger partial charge in [0, 0.05) is 19.0 Å². The van der Waals surface area contributed by atoms with Crippen LogP contribution in [0.2, 0.25) is 0 Å². The monoisotopic (exact) mass is 244 g/mol. The standard InChI is InChI=1S/C15H20N2O/c1-3-7-14(4-2)17-15(18)10-12-8-5-6-9-13(12)11-16/h1,5-6,8-9,14H,4,7,10-11,16H2,2H3,(H,17,18). The molecule has 1 aromatic rings.